The molecule has 0 saturated carbocycles. The largest absolute Gasteiger partial charge is 0.512 e. The molecule has 0 aliphatic carbocycles. The third-order valence-electron chi connectivity index (χ3n) is 2.90. The third kappa shape index (κ3) is 2.68. The van der Waals surface area contributed by atoms with Crippen LogP contribution in [0.4, 0.5) is 4.39 Å². The van der Waals surface area contributed by atoms with Gasteiger partial charge < -0.3 is 10.4 Å². The molecule has 1 saturated heterocycles. The van der Waals surface area contributed by atoms with Gasteiger partial charge >= 0.3 is 0 Å². The normalized spacial score (nSPS) is 22.2. The highest BCUT2D eigenvalue weighted by atomic mass is 79.9. The summed E-state index contributed by atoms with van der Waals surface area (Å²) in [4.78, 5) is 23.6. The lowest BCUT2D eigenvalue weighted by molar-refractivity contribution is -0.126. The molecule has 1 fully saturated rings. The Hall–Kier alpha value is -1.69. The maximum absolute atomic E-state index is 13.0. The second-order valence-corrected chi connectivity index (χ2v) is 5.13. The number of aliphatic hydroxyl groups is 1. The van der Waals surface area contributed by atoms with E-state index in [1.807, 2.05) is 0 Å². The van der Waals surface area contributed by atoms with E-state index in [4.69, 9.17) is 0 Å². The van der Waals surface area contributed by atoms with Gasteiger partial charge in [0.05, 0.1) is 6.04 Å². The van der Waals surface area contributed by atoms with E-state index >= 15 is 0 Å². The zero-order valence-electron chi connectivity index (χ0n) is 10.0. The van der Waals surface area contributed by atoms with Crippen molar-refractivity contribution in [2.75, 3.05) is 0 Å². The van der Waals surface area contributed by atoms with Crippen molar-refractivity contribution in [3.05, 3.63) is 45.4 Å². The first kappa shape index (κ1) is 13.7. The first-order valence-electron chi connectivity index (χ1n) is 5.59. The molecule has 0 radical (unpaired) electrons. The van der Waals surface area contributed by atoms with Gasteiger partial charge in [-0.2, -0.15) is 0 Å². The summed E-state index contributed by atoms with van der Waals surface area (Å²) < 4.78 is 13.5. The first-order chi connectivity index (χ1) is 8.90. The minimum Gasteiger partial charge on any atom is -0.512 e. The second kappa shape index (κ2) is 5.13. The number of amides is 1. The van der Waals surface area contributed by atoms with Gasteiger partial charge in [0.2, 0.25) is 0 Å². The van der Waals surface area contributed by atoms with E-state index in [0.717, 1.165) is 0 Å². The zero-order chi connectivity index (χ0) is 14.2. The predicted molar refractivity (Wildman–Crippen MR) is 69.9 cm³/mol. The zero-order valence-corrected chi connectivity index (χ0v) is 11.6. The Morgan fingerprint density at radius 3 is 2.68 bits per heavy atom. The van der Waals surface area contributed by atoms with Crippen molar-refractivity contribution in [1.29, 1.82) is 0 Å². The van der Waals surface area contributed by atoms with Crippen molar-refractivity contribution in [2.24, 2.45) is 0 Å². The Bertz CT molecular complexity index is 574. The molecule has 0 aromatic heterocycles. The fraction of sp³-hybridized carbons (Fsp3) is 0.231. The molecule has 1 aliphatic heterocycles. The summed E-state index contributed by atoms with van der Waals surface area (Å²) in [6.07, 6.45) is 0.0310. The lowest BCUT2D eigenvalue weighted by atomic mass is 9.92. The number of carbonyl (C=O) groups excluding carboxylic acids is 2. The van der Waals surface area contributed by atoms with Crippen LogP contribution in [-0.4, -0.2) is 16.8 Å². The number of nitrogens with one attached hydrogen (secondary N) is 1. The number of Topliss-reactive ketones (excluding diaryl/α,β-unsaturated/α-hetero) is 1. The van der Waals surface area contributed by atoms with Gasteiger partial charge in [-0.05, 0) is 24.6 Å². The Morgan fingerprint density at radius 1 is 1.47 bits per heavy atom. The number of aliphatic hydroxyl groups excluding tert-OH is 1. The fourth-order valence-electron chi connectivity index (χ4n) is 2.03. The molecule has 100 valence electrons. The highest BCUT2D eigenvalue weighted by Crippen LogP contribution is 2.30. The molecule has 2 N–H and O–H groups in total. The topological polar surface area (TPSA) is 66.4 Å². The van der Waals surface area contributed by atoms with Gasteiger partial charge in [0, 0.05) is 10.9 Å². The number of hydrogen-bond donors (Lipinski definition) is 2. The van der Waals surface area contributed by atoms with Crippen molar-refractivity contribution < 1.29 is 19.1 Å². The van der Waals surface area contributed by atoms with E-state index < -0.39 is 23.5 Å². The van der Waals surface area contributed by atoms with Crippen LogP contribution in [0.25, 0.3) is 0 Å². The maximum atomic E-state index is 13.0. The number of carbonyl (C=O) groups is 2. The minimum atomic E-state index is -0.613. The SMILES string of the molecule is C/C(O)=C1\C(=O)C[C@H](c2ccc(F)cc2Br)NC1=O. The van der Waals surface area contributed by atoms with Crippen molar-refractivity contribution in [2.45, 2.75) is 19.4 Å². The first-order valence-corrected chi connectivity index (χ1v) is 6.38. The van der Waals surface area contributed by atoms with Gasteiger partial charge in [-0.25, -0.2) is 4.39 Å². The summed E-state index contributed by atoms with van der Waals surface area (Å²) in [5.41, 5.74) is 0.409. The summed E-state index contributed by atoms with van der Waals surface area (Å²) >= 11 is 3.20. The number of rotatable bonds is 1. The number of piperidine rings is 1. The molecule has 1 heterocycles. The highest BCUT2D eigenvalue weighted by Gasteiger charge is 2.33. The predicted octanol–water partition coefficient (Wildman–Crippen LogP) is 2.55. The molecule has 0 spiro atoms. The summed E-state index contributed by atoms with van der Waals surface area (Å²) in [5.74, 6) is -1.74. The van der Waals surface area contributed by atoms with Crippen LogP contribution in [0.2, 0.25) is 0 Å². The lowest BCUT2D eigenvalue weighted by Crippen LogP contribution is -2.40. The van der Waals surface area contributed by atoms with Gasteiger partial charge in [-0.1, -0.05) is 22.0 Å². The molecule has 6 heteroatoms. The van der Waals surface area contributed by atoms with Gasteiger partial charge in [-0.15, -0.1) is 0 Å². The van der Waals surface area contributed by atoms with E-state index in [9.17, 15) is 19.1 Å². The Labute approximate surface area is 117 Å². The molecule has 19 heavy (non-hydrogen) atoms. The Balaban J connectivity index is 2.33. The molecule has 1 amide bonds. The standard InChI is InChI=1S/C13H11BrFNO3/c1-6(17)12-11(18)5-10(16-13(12)19)8-3-2-7(15)4-9(8)14/h2-4,10,17H,5H2,1H3,(H,16,19)/b12-6-/t10-/m1/s1. The van der Waals surface area contributed by atoms with E-state index in [1.54, 1.807) is 0 Å². The number of halogens is 2. The smallest absolute Gasteiger partial charge is 0.258 e. The van der Waals surface area contributed by atoms with Crippen LogP contribution in [0.15, 0.2) is 34.0 Å². The summed E-state index contributed by atoms with van der Waals surface area (Å²) in [7, 11) is 0. The number of allylic oxidation sites excluding steroid dienone is 1. The van der Waals surface area contributed by atoms with E-state index in [1.165, 1.54) is 25.1 Å². The van der Waals surface area contributed by atoms with Crippen molar-refractivity contribution in [3.8, 4) is 0 Å². The molecule has 1 atom stereocenters. The monoisotopic (exact) mass is 327 g/mol. The van der Waals surface area contributed by atoms with Crippen LogP contribution in [0.1, 0.15) is 24.9 Å². The highest BCUT2D eigenvalue weighted by molar-refractivity contribution is 9.10. The van der Waals surface area contributed by atoms with Crippen LogP contribution >= 0.6 is 15.9 Å². The summed E-state index contributed by atoms with van der Waals surface area (Å²) in [5, 5.41) is 11.9. The second-order valence-electron chi connectivity index (χ2n) is 4.28. The fourth-order valence-corrected chi connectivity index (χ4v) is 2.66. The third-order valence-corrected chi connectivity index (χ3v) is 3.59. The minimum absolute atomic E-state index is 0.0310. The van der Waals surface area contributed by atoms with Gasteiger partial charge in [0.15, 0.2) is 5.78 Å². The average molecular weight is 328 g/mol. The van der Waals surface area contributed by atoms with Gasteiger partial charge in [0.1, 0.15) is 17.1 Å². The van der Waals surface area contributed by atoms with Crippen LogP contribution in [-0.2, 0) is 9.59 Å². The molecule has 0 bridgehead atoms. The average Bonchev–Trinajstić information content (AvgIpc) is 2.26. The number of benzene rings is 1. The van der Waals surface area contributed by atoms with E-state index in [-0.39, 0.29) is 17.8 Å². The molecule has 1 aromatic rings. The van der Waals surface area contributed by atoms with E-state index in [0.29, 0.717) is 10.0 Å². The van der Waals surface area contributed by atoms with Gasteiger partial charge in [0.25, 0.3) is 5.91 Å². The Morgan fingerprint density at radius 2 is 2.16 bits per heavy atom. The molecular weight excluding hydrogens is 317 g/mol. The molecule has 0 unspecified atom stereocenters. The van der Waals surface area contributed by atoms with Crippen molar-refractivity contribution in [3.63, 3.8) is 0 Å². The lowest BCUT2D eigenvalue weighted by Gasteiger charge is -2.25. The molecule has 2 rings (SSSR count). The molecule has 1 aromatic carbocycles. The van der Waals surface area contributed by atoms with E-state index in [2.05, 4.69) is 21.2 Å². The Kier molecular flexibility index (Phi) is 3.71. The van der Waals surface area contributed by atoms with Crippen LogP contribution in [0, 0.1) is 5.82 Å². The number of ketones is 1. The van der Waals surface area contributed by atoms with Crippen molar-refractivity contribution in [1.82, 2.24) is 5.32 Å². The van der Waals surface area contributed by atoms with Crippen LogP contribution in [0.3, 0.4) is 0 Å². The van der Waals surface area contributed by atoms with Crippen LogP contribution < -0.4 is 5.32 Å². The van der Waals surface area contributed by atoms with Crippen LogP contribution in [0.5, 0.6) is 0 Å². The molecular formula is C13H11BrFNO3. The summed E-state index contributed by atoms with van der Waals surface area (Å²) in [6, 6.07) is 3.52. The molecule has 1 aliphatic rings. The molecule has 4 nitrogen and oxygen atoms in total. The van der Waals surface area contributed by atoms with Crippen molar-refractivity contribution >= 4 is 27.6 Å². The quantitative estimate of drug-likeness (QED) is 0.473. The maximum Gasteiger partial charge on any atom is 0.258 e. The number of hydrogen-bond acceptors (Lipinski definition) is 3. The van der Waals surface area contributed by atoms with Gasteiger partial charge in [-0.3, -0.25) is 9.59 Å². The summed E-state index contributed by atoms with van der Waals surface area (Å²) in [6.45, 7) is 1.29.